The third-order valence-electron chi connectivity index (χ3n) is 3.01. The first-order valence-corrected chi connectivity index (χ1v) is 7.33. The molecule has 0 unspecified atom stereocenters. The van der Waals surface area contributed by atoms with Crippen LogP contribution < -0.4 is 5.32 Å². The molecule has 0 aliphatic heterocycles. The van der Waals surface area contributed by atoms with E-state index in [1.54, 1.807) is 17.5 Å². The number of carbonyl (C=O) groups excluding carboxylic acids is 1. The smallest absolute Gasteiger partial charge is 0.220 e. The third-order valence-corrected chi connectivity index (χ3v) is 3.95. The number of aromatic nitrogens is 2. The average Bonchev–Trinajstić information content (AvgIpc) is 3.12. The Balaban J connectivity index is 1.57. The van der Waals surface area contributed by atoms with Gasteiger partial charge in [-0.25, -0.2) is 4.98 Å². The van der Waals surface area contributed by atoms with E-state index in [4.69, 9.17) is 0 Å². The Labute approximate surface area is 115 Å². The molecule has 4 nitrogen and oxygen atoms in total. The van der Waals surface area contributed by atoms with Crippen molar-refractivity contribution in [2.24, 2.45) is 0 Å². The highest BCUT2D eigenvalue weighted by Gasteiger charge is 2.22. The lowest BCUT2D eigenvalue weighted by molar-refractivity contribution is -0.121. The maximum Gasteiger partial charge on any atom is 0.220 e. The summed E-state index contributed by atoms with van der Waals surface area (Å²) in [6, 6.07) is 4.34. The molecule has 0 aromatic carbocycles. The van der Waals surface area contributed by atoms with Crippen LogP contribution in [0.5, 0.6) is 0 Å². The summed E-state index contributed by atoms with van der Waals surface area (Å²) in [5, 5.41) is 5.97. The number of rotatable bonds is 5. The lowest BCUT2D eigenvalue weighted by Crippen LogP contribution is -2.25. The van der Waals surface area contributed by atoms with Gasteiger partial charge in [-0.2, -0.15) is 0 Å². The minimum atomic E-state index is 0.137. The van der Waals surface area contributed by atoms with Gasteiger partial charge in [0.25, 0.3) is 0 Å². The highest BCUT2D eigenvalue weighted by molar-refractivity contribution is 7.13. The molecule has 0 bridgehead atoms. The van der Waals surface area contributed by atoms with Crippen molar-refractivity contribution in [1.29, 1.82) is 0 Å². The zero-order valence-corrected chi connectivity index (χ0v) is 11.3. The predicted molar refractivity (Wildman–Crippen MR) is 74.8 cm³/mol. The number of carbonyl (C=O) groups is 1. The van der Waals surface area contributed by atoms with Crippen LogP contribution in [0.25, 0.3) is 10.6 Å². The van der Waals surface area contributed by atoms with Crippen LogP contribution in [-0.2, 0) is 11.2 Å². The first-order chi connectivity index (χ1) is 9.31. The molecule has 0 spiro atoms. The molecule has 1 amide bonds. The third kappa shape index (κ3) is 3.38. The van der Waals surface area contributed by atoms with Gasteiger partial charge in [0.05, 0.1) is 5.69 Å². The monoisotopic (exact) mass is 273 g/mol. The van der Waals surface area contributed by atoms with Gasteiger partial charge in [0.1, 0.15) is 5.01 Å². The minimum Gasteiger partial charge on any atom is -0.353 e. The minimum absolute atomic E-state index is 0.137. The molecule has 5 heteroatoms. The quantitative estimate of drug-likeness (QED) is 0.910. The van der Waals surface area contributed by atoms with E-state index in [9.17, 15) is 4.79 Å². The molecule has 1 aliphatic rings. The fraction of sp³-hybridized carbons (Fsp3) is 0.357. The average molecular weight is 273 g/mol. The highest BCUT2D eigenvalue weighted by Crippen LogP contribution is 2.23. The van der Waals surface area contributed by atoms with Crippen LogP contribution >= 0.6 is 11.3 Å². The molecule has 3 rings (SSSR count). The van der Waals surface area contributed by atoms with Gasteiger partial charge >= 0.3 is 0 Å². The van der Waals surface area contributed by atoms with Gasteiger partial charge in [-0.15, -0.1) is 11.3 Å². The van der Waals surface area contributed by atoms with Crippen molar-refractivity contribution >= 4 is 17.2 Å². The summed E-state index contributed by atoms with van der Waals surface area (Å²) in [4.78, 5) is 20.2. The first-order valence-electron chi connectivity index (χ1n) is 6.45. The zero-order chi connectivity index (χ0) is 13.1. The molecule has 1 N–H and O–H groups in total. The summed E-state index contributed by atoms with van der Waals surface area (Å²) >= 11 is 1.60. The topological polar surface area (TPSA) is 54.9 Å². The van der Waals surface area contributed by atoms with E-state index in [2.05, 4.69) is 15.3 Å². The second-order valence-electron chi connectivity index (χ2n) is 4.73. The van der Waals surface area contributed by atoms with Crippen LogP contribution in [0.2, 0.25) is 0 Å². The summed E-state index contributed by atoms with van der Waals surface area (Å²) in [5.74, 6) is 0.137. The van der Waals surface area contributed by atoms with E-state index in [0.717, 1.165) is 29.1 Å². The van der Waals surface area contributed by atoms with Crippen molar-refractivity contribution < 1.29 is 4.79 Å². The van der Waals surface area contributed by atoms with Gasteiger partial charge in [-0.05, 0) is 31.4 Å². The Bertz CT molecular complexity index is 563. The molecule has 1 fully saturated rings. The van der Waals surface area contributed by atoms with Crippen molar-refractivity contribution in [3.05, 3.63) is 35.6 Å². The van der Waals surface area contributed by atoms with Crippen molar-refractivity contribution in [2.75, 3.05) is 0 Å². The SMILES string of the molecule is O=C(CCc1csc(-c2cccnc2)n1)NC1CC1. The van der Waals surface area contributed by atoms with E-state index >= 15 is 0 Å². The van der Waals surface area contributed by atoms with E-state index in [0.29, 0.717) is 18.9 Å². The summed E-state index contributed by atoms with van der Waals surface area (Å²) < 4.78 is 0. The highest BCUT2D eigenvalue weighted by atomic mass is 32.1. The van der Waals surface area contributed by atoms with Crippen LogP contribution in [0.3, 0.4) is 0 Å². The lowest BCUT2D eigenvalue weighted by atomic mass is 10.2. The Hall–Kier alpha value is -1.75. The second kappa shape index (κ2) is 5.48. The Morgan fingerprint density at radius 1 is 1.47 bits per heavy atom. The summed E-state index contributed by atoms with van der Waals surface area (Å²) in [6.45, 7) is 0. The van der Waals surface area contributed by atoms with Crippen molar-refractivity contribution in [3.63, 3.8) is 0 Å². The Morgan fingerprint density at radius 3 is 3.11 bits per heavy atom. The Morgan fingerprint density at radius 2 is 2.37 bits per heavy atom. The van der Waals surface area contributed by atoms with Crippen LogP contribution in [0.4, 0.5) is 0 Å². The number of nitrogens with zero attached hydrogens (tertiary/aromatic N) is 2. The van der Waals surface area contributed by atoms with Crippen LogP contribution in [0, 0.1) is 0 Å². The van der Waals surface area contributed by atoms with E-state index in [1.165, 1.54) is 0 Å². The maximum atomic E-state index is 11.6. The lowest BCUT2D eigenvalue weighted by Gasteiger charge is -2.01. The summed E-state index contributed by atoms with van der Waals surface area (Å²) in [6.07, 6.45) is 7.05. The number of aryl methyl sites for hydroxylation is 1. The van der Waals surface area contributed by atoms with Crippen LogP contribution in [0.15, 0.2) is 29.9 Å². The fourth-order valence-corrected chi connectivity index (χ4v) is 2.66. The van der Waals surface area contributed by atoms with Crippen LogP contribution in [0.1, 0.15) is 25.0 Å². The second-order valence-corrected chi connectivity index (χ2v) is 5.59. The number of pyridine rings is 1. The molecule has 0 atom stereocenters. The normalized spacial score (nSPS) is 14.3. The summed E-state index contributed by atoms with van der Waals surface area (Å²) in [5.41, 5.74) is 2.01. The number of nitrogens with one attached hydrogen (secondary N) is 1. The largest absolute Gasteiger partial charge is 0.353 e. The van der Waals surface area contributed by atoms with Crippen molar-refractivity contribution in [1.82, 2.24) is 15.3 Å². The predicted octanol–water partition coefficient (Wildman–Crippen LogP) is 2.42. The van der Waals surface area contributed by atoms with E-state index < -0.39 is 0 Å². The molecule has 0 saturated heterocycles. The van der Waals surface area contributed by atoms with Gasteiger partial charge in [0, 0.05) is 35.8 Å². The van der Waals surface area contributed by atoms with Gasteiger partial charge < -0.3 is 5.32 Å². The van der Waals surface area contributed by atoms with Gasteiger partial charge in [-0.3, -0.25) is 9.78 Å². The zero-order valence-electron chi connectivity index (χ0n) is 10.5. The molecule has 0 radical (unpaired) electrons. The Kier molecular flexibility index (Phi) is 3.55. The molecule has 2 heterocycles. The molecule has 98 valence electrons. The van der Waals surface area contributed by atoms with E-state index in [-0.39, 0.29) is 5.91 Å². The van der Waals surface area contributed by atoms with Crippen molar-refractivity contribution in [3.8, 4) is 10.6 Å². The molecule has 2 aromatic rings. The summed E-state index contributed by atoms with van der Waals surface area (Å²) in [7, 11) is 0. The number of thiazole rings is 1. The fourth-order valence-electron chi connectivity index (χ4n) is 1.81. The molecule has 19 heavy (non-hydrogen) atoms. The standard InChI is InChI=1S/C14H15N3OS/c18-13(16-11-3-4-11)6-5-12-9-19-14(17-12)10-2-1-7-15-8-10/h1-2,7-9,11H,3-6H2,(H,16,18). The molecule has 1 saturated carbocycles. The molecular formula is C14H15N3OS. The van der Waals surface area contributed by atoms with Gasteiger partial charge in [0.2, 0.25) is 5.91 Å². The molecular weight excluding hydrogens is 258 g/mol. The van der Waals surface area contributed by atoms with Crippen molar-refractivity contribution in [2.45, 2.75) is 31.7 Å². The first kappa shape index (κ1) is 12.3. The van der Waals surface area contributed by atoms with Crippen LogP contribution in [-0.4, -0.2) is 21.9 Å². The van der Waals surface area contributed by atoms with Gasteiger partial charge in [0.15, 0.2) is 0 Å². The molecule has 2 aromatic heterocycles. The maximum absolute atomic E-state index is 11.6. The number of hydrogen-bond acceptors (Lipinski definition) is 4. The van der Waals surface area contributed by atoms with E-state index in [1.807, 2.05) is 23.7 Å². The van der Waals surface area contributed by atoms with Gasteiger partial charge in [-0.1, -0.05) is 0 Å². The number of hydrogen-bond donors (Lipinski definition) is 1. The molecule has 1 aliphatic carbocycles. The number of amides is 1.